The van der Waals surface area contributed by atoms with Crippen LogP contribution in [0.2, 0.25) is 0 Å². The summed E-state index contributed by atoms with van der Waals surface area (Å²) in [6.45, 7) is 6.89. The number of fused-ring (bicyclic) bond motifs is 1. The van der Waals surface area contributed by atoms with Crippen LogP contribution in [0.3, 0.4) is 0 Å². The van der Waals surface area contributed by atoms with Crippen molar-refractivity contribution >= 4 is 11.5 Å². The first-order valence-electron chi connectivity index (χ1n) is 10.2. The normalized spacial score (nSPS) is 17.3. The molecule has 6 heteroatoms. The smallest absolute Gasteiger partial charge is 0.255 e. The number of carbonyl (C=O) groups excluding carboxylic acids is 1. The van der Waals surface area contributed by atoms with E-state index in [0.29, 0.717) is 35.7 Å². The summed E-state index contributed by atoms with van der Waals surface area (Å²) in [6, 6.07) is 8.50. The predicted octanol–water partition coefficient (Wildman–Crippen LogP) is 3.65. The van der Waals surface area contributed by atoms with Crippen LogP contribution < -0.4 is 10.1 Å². The number of pyridine rings is 1. The third kappa shape index (κ3) is 3.65. The van der Waals surface area contributed by atoms with Gasteiger partial charge >= 0.3 is 0 Å². The molecule has 2 aliphatic heterocycles. The fraction of sp³-hybridized carbons (Fsp3) is 0.391. The van der Waals surface area contributed by atoms with Crippen LogP contribution in [0.25, 0.3) is 5.57 Å². The second-order valence-corrected chi connectivity index (χ2v) is 7.50. The van der Waals surface area contributed by atoms with E-state index in [1.165, 1.54) is 6.07 Å². The molecule has 4 rings (SSSR count). The lowest BCUT2D eigenvalue weighted by Crippen LogP contribution is -2.46. The van der Waals surface area contributed by atoms with E-state index in [-0.39, 0.29) is 11.7 Å². The Hall–Kier alpha value is -2.73. The van der Waals surface area contributed by atoms with Gasteiger partial charge in [0.1, 0.15) is 17.2 Å². The van der Waals surface area contributed by atoms with Crippen LogP contribution in [0.4, 0.5) is 4.39 Å². The van der Waals surface area contributed by atoms with Gasteiger partial charge in [0.15, 0.2) is 0 Å². The minimum atomic E-state index is -0.460. The van der Waals surface area contributed by atoms with E-state index < -0.39 is 5.60 Å². The number of halogens is 1. The van der Waals surface area contributed by atoms with Crippen LogP contribution in [0, 0.1) is 5.82 Å². The zero-order valence-electron chi connectivity index (χ0n) is 16.9. The summed E-state index contributed by atoms with van der Waals surface area (Å²) in [6.07, 6.45) is 5.23. The summed E-state index contributed by atoms with van der Waals surface area (Å²) in [5, 5.41) is 3.35. The molecule has 1 aromatic heterocycles. The lowest BCUT2D eigenvalue weighted by atomic mass is 9.84. The number of benzene rings is 1. The number of piperidine rings is 1. The van der Waals surface area contributed by atoms with Gasteiger partial charge in [0.25, 0.3) is 5.91 Å². The number of carbonyl (C=O) groups is 1. The maximum absolute atomic E-state index is 14.7. The van der Waals surface area contributed by atoms with Gasteiger partial charge in [-0.05, 0) is 57.3 Å². The lowest BCUT2D eigenvalue weighted by Gasteiger charge is -2.39. The van der Waals surface area contributed by atoms with Crippen molar-refractivity contribution < 1.29 is 13.9 Å². The van der Waals surface area contributed by atoms with E-state index in [1.807, 2.05) is 26.0 Å². The molecule has 0 saturated carbocycles. The van der Waals surface area contributed by atoms with Crippen LogP contribution >= 0.6 is 0 Å². The van der Waals surface area contributed by atoms with Crippen molar-refractivity contribution in [1.82, 2.24) is 15.2 Å². The number of hydrogen-bond acceptors (Lipinski definition) is 4. The van der Waals surface area contributed by atoms with Crippen molar-refractivity contribution in [3.63, 3.8) is 0 Å². The van der Waals surface area contributed by atoms with Crippen molar-refractivity contribution in [3.8, 4) is 5.75 Å². The predicted molar refractivity (Wildman–Crippen MR) is 110 cm³/mol. The maximum Gasteiger partial charge on any atom is 0.255 e. The van der Waals surface area contributed by atoms with Gasteiger partial charge in [0, 0.05) is 37.7 Å². The molecule has 0 aliphatic carbocycles. The summed E-state index contributed by atoms with van der Waals surface area (Å²) >= 11 is 0. The SMILES string of the molecule is CCN(CC)C(=O)c1ccc(C2=CC3(CCNCC3)Oc3cccc(F)c32)nc1. The summed E-state index contributed by atoms with van der Waals surface area (Å²) in [5.41, 5.74) is 1.89. The van der Waals surface area contributed by atoms with Gasteiger partial charge in [-0.15, -0.1) is 0 Å². The molecule has 2 aliphatic rings. The Labute approximate surface area is 170 Å². The summed E-state index contributed by atoms with van der Waals surface area (Å²) < 4.78 is 21.0. The molecule has 1 fully saturated rings. The van der Waals surface area contributed by atoms with E-state index >= 15 is 0 Å². The van der Waals surface area contributed by atoms with Crippen molar-refractivity contribution in [2.45, 2.75) is 32.3 Å². The molecular weight excluding hydrogens is 369 g/mol. The maximum atomic E-state index is 14.7. The van der Waals surface area contributed by atoms with Gasteiger partial charge in [-0.2, -0.15) is 0 Å². The molecule has 152 valence electrons. The topological polar surface area (TPSA) is 54.5 Å². The minimum Gasteiger partial charge on any atom is -0.482 e. The second-order valence-electron chi connectivity index (χ2n) is 7.50. The monoisotopic (exact) mass is 395 g/mol. The Balaban J connectivity index is 1.74. The first-order valence-corrected chi connectivity index (χ1v) is 10.2. The van der Waals surface area contributed by atoms with Crippen molar-refractivity contribution in [3.05, 3.63) is 65.2 Å². The molecule has 1 saturated heterocycles. The van der Waals surface area contributed by atoms with Gasteiger partial charge in [-0.1, -0.05) is 6.07 Å². The molecule has 1 aromatic carbocycles. The average molecular weight is 395 g/mol. The fourth-order valence-corrected chi connectivity index (χ4v) is 4.11. The number of amides is 1. The van der Waals surface area contributed by atoms with Crippen LogP contribution in [0.15, 0.2) is 42.6 Å². The van der Waals surface area contributed by atoms with Gasteiger partial charge < -0.3 is 15.0 Å². The number of nitrogens with one attached hydrogen (secondary N) is 1. The van der Waals surface area contributed by atoms with Crippen molar-refractivity contribution in [2.24, 2.45) is 0 Å². The molecule has 1 spiro atoms. The largest absolute Gasteiger partial charge is 0.482 e. The lowest BCUT2D eigenvalue weighted by molar-refractivity contribution is 0.0771. The fourth-order valence-electron chi connectivity index (χ4n) is 4.11. The summed E-state index contributed by atoms with van der Waals surface area (Å²) in [4.78, 5) is 18.9. The first-order chi connectivity index (χ1) is 14.1. The molecule has 0 bridgehead atoms. The Morgan fingerprint density at radius 2 is 1.97 bits per heavy atom. The molecular formula is C23H26FN3O2. The Bertz CT molecular complexity index is 930. The van der Waals surface area contributed by atoms with E-state index in [2.05, 4.69) is 10.3 Å². The van der Waals surface area contributed by atoms with Crippen molar-refractivity contribution in [1.29, 1.82) is 0 Å². The van der Waals surface area contributed by atoms with Crippen molar-refractivity contribution in [2.75, 3.05) is 26.2 Å². The number of hydrogen-bond donors (Lipinski definition) is 1. The molecule has 2 aromatic rings. The number of rotatable bonds is 4. The number of ether oxygens (including phenoxy) is 1. The molecule has 1 amide bonds. The van der Waals surface area contributed by atoms with E-state index in [0.717, 1.165) is 31.5 Å². The Morgan fingerprint density at radius 3 is 2.62 bits per heavy atom. The van der Waals surface area contributed by atoms with E-state index in [9.17, 15) is 9.18 Å². The Kier molecular flexibility index (Phi) is 5.37. The van der Waals surface area contributed by atoms with Gasteiger partial charge in [-0.25, -0.2) is 4.39 Å². The zero-order valence-corrected chi connectivity index (χ0v) is 16.9. The van der Waals surface area contributed by atoms with Crippen LogP contribution in [-0.4, -0.2) is 47.6 Å². The zero-order chi connectivity index (χ0) is 20.4. The Morgan fingerprint density at radius 1 is 1.21 bits per heavy atom. The van der Waals surface area contributed by atoms with Crippen LogP contribution in [0.1, 0.15) is 48.3 Å². The number of nitrogens with zero attached hydrogens (tertiary/aromatic N) is 2. The second kappa shape index (κ2) is 7.95. The van der Waals surface area contributed by atoms with Crippen LogP contribution in [-0.2, 0) is 0 Å². The molecule has 0 unspecified atom stereocenters. The highest BCUT2D eigenvalue weighted by atomic mass is 19.1. The molecule has 29 heavy (non-hydrogen) atoms. The standard InChI is InChI=1S/C23H26FN3O2/c1-3-27(4-2)22(28)16-8-9-19(26-15-16)17-14-23(10-12-25-13-11-23)29-20-7-5-6-18(24)21(17)20/h5-9,14-15,25H,3-4,10-13H2,1-2H3. The molecule has 0 radical (unpaired) electrons. The van der Waals surface area contributed by atoms with Crippen LogP contribution in [0.5, 0.6) is 5.75 Å². The molecule has 5 nitrogen and oxygen atoms in total. The average Bonchev–Trinajstić information content (AvgIpc) is 2.74. The van der Waals surface area contributed by atoms with Gasteiger partial charge in [0.2, 0.25) is 0 Å². The van der Waals surface area contributed by atoms with E-state index in [4.69, 9.17) is 4.74 Å². The molecule has 1 N–H and O–H groups in total. The van der Waals surface area contributed by atoms with Gasteiger partial charge in [-0.3, -0.25) is 9.78 Å². The first kappa shape index (κ1) is 19.6. The summed E-state index contributed by atoms with van der Waals surface area (Å²) in [5.74, 6) is 0.175. The minimum absolute atomic E-state index is 0.0450. The quantitative estimate of drug-likeness (QED) is 0.859. The highest BCUT2D eigenvalue weighted by molar-refractivity contribution is 5.94. The molecule has 3 heterocycles. The highest BCUT2D eigenvalue weighted by Gasteiger charge is 2.38. The highest BCUT2D eigenvalue weighted by Crippen LogP contribution is 2.43. The third-order valence-electron chi connectivity index (χ3n) is 5.75. The van der Waals surface area contributed by atoms with Gasteiger partial charge in [0.05, 0.1) is 16.8 Å². The third-order valence-corrected chi connectivity index (χ3v) is 5.75. The molecule has 0 atom stereocenters. The summed E-state index contributed by atoms with van der Waals surface area (Å²) in [7, 11) is 0. The van der Waals surface area contributed by atoms with E-state index in [1.54, 1.807) is 29.3 Å². The number of aromatic nitrogens is 1.